The van der Waals surface area contributed by atoms with Gasteiger partial charge in [0, 0.05) is 5.92 Å². The Hall–Kier alpha value is -0.500. The minimum Gasteiger partial charge on any atom is -0.448 e. The molecule has 2 nitrogen and oxygen atoms in total. The smallest absolute Gasteiger partial charge is 0.181 e. The third-order valence-corrected chi connectivity index (χ3v) is 3.63. The van der Waals surface area contributed by atoms with E-state index in [1.54, 1.807) is 0 Å². The molecule has 0 bridgehead atoms. The van der Waals surface area contributed by atoms with Crippen molar-refractivity contribution in [3.05, 3.63) is 17.8 Å². The maximum absolute atomic E-state index is 5.82. The van der Waals surface area contributed by atoms with Gasteiger partial charge < -0.3 is 4.42 Å². The number of nitrogens with zero attached hydrogens (tertiary/aromatic N) is 1. The van der Waals surface area contributed by atoms with Gasteiger partial charge in [0.2, 0.25) is 0 Å². The summed E-state index contributed by atoms with van der Waals surface area (Å²) in [5.74, 6) is 1.97. The summed E-state index contributed by atoms with van der Waals surface area (Å²) in [4.78, 5) is 4.15. The van der Waals surface area contributed by atoms with E-state index in [1.165, 1.54) is 25.7 Å². The lowest BCUT2D eigenvalue weighted by molar-refractivity contribution is 0.292. The normalized spacial score (nSPS) is 25.5. The molecule has 1 aromatic rings. The molecule has 1 atom stereocenters. The number of aromatic nitrogens is 1. The van der Waals surface area contributed by atoms with Crippen LogP contribution >= 0.6 is 11.6 Å². The van der Waals surface area contributed by atoms with Crippen molar-refractivity contribution in [3.8, 4) is 0 Å². The van der Waals surface area contributed by atoms with Gasteiger partial charge in [-0.25, -0.2) is 4.98 Å². The van der Waals surface area contributed by atoms with Crippen molar-refractivity contribution in [2.24, 2.45) is 5.41 Å². The molecule has 0 saturated heterocycles. The lowest BCUT2D eigenvalue weighted by Gasteiger charge is -2.25. The predicted molar refractivity (Wildman–Crippen MR) is 56.4 cm³/mol. The molecular weight excluding hydrogens is 198 g/mol. The van der Waals surface area contributed by atoms with E-state index in [9.17, 15) is 0 Å². The Kier molecular flexibility index (Phi) is 2.56. The number of hydrogen-bond donors (Lipinski definition) is 0. The van der Waals surface area contributed by atoms with Gasteiger partial charge in [-0.05, 0) is 18.3 Å². The maximum Gasteiger partial charge on any atom is 0.181 e. The predicted octanol–water partition coefficient (Wildman–Crippen LogP) is 3.71. The highest BCUT2D eigenvalue weighted by Gasteiger charge is 2.38. The van der Waals surface area contributed by atoms with Crippen molar-refractivity contribution < 1.29 is 4.42 Å². The van der Waals surface area contributed by atoms with Gasteiger partial charge in [0.1, 0.15) is 5.76 Å². The minimum absolute atomic E-state index is 0.334. The van der Waals surface area contributed by atoms with Gasteiger partial charge in [-0.2, -0.15) is 0 Å². The molecule has 1 saturated carbocycles. The van der Waals surface area contributed by atoms with Gasteiger partial charge >= 0.3 is 0 Å². The summed E-state index contributed by atoms with van der Waals surface area (Å²) >= 11 is 5.82. The molecular formula is C11H16ClNO. The summed E-state index contributed by atoms with van der Waals surface area (Å²) in [6, 6.07) is 0. The Balaban J connectivity index is 2.30. The highest BCUT2D eigenvalue weighted by molar-refractivity contribution is 6.16. The SMILES string of the molecule is CC1(C)CCCC1c1ocnc1CCl. The number of alkyl halides is 1. The zero-order chi connectivity index (χ0) is 10.2. The second kappa shape index (κ2) is 3.58. The van der Waals surface area contributed by atoms with Gasteiger partial charge in [-0.3, -0.25) is 0 Å². The van der Waals surface area contributed by atoms with E-state index in [4.69, 9.17) is 16.0 Å². The van der Waals surface area contributed by atoms with Crippen molar-refractivity contribution in [1.82, 2.24) is 4.98 Å². The highest BCUT2D eigenvalue weighted by Crippen LogP contribution is 2.49. The topological polar surface area (TPSA) is 26.0 Å². The average Bonchev–Trinajstić information content (AvgIpc) is 2.69. The van der Waals surface area contributed by atoms with Crippen LogP contribution in [0.3, 0.4) is 0 Å². The van der Waals surface area contributed by atoms with Crippen molar-refractivity contribution in [2.45, 2.75) is 44.9 Å². The quantitative estimate of drug-likeness (QED) is 0.700. The van der Waals surface area contributed by atoms with Crippen LogP contribution in [0.2, 0.25) is 0 Å². The zero-order valence-corrected chi connectivity index (χ0v) is 9.47. The molecule has 0 aromatic carbocycles. The van der Waals surface area contributed by atoms with Crippen LogP contribution in [-0.2, 0) is 5.88 Å². The Labute approximate surface area is 89.7 Å². The van der Waals surface area contributed by atoms with Crippen LogP contribution in [0.1, 0.15) is 50.5 Å². The molecule has 1 fully saturated rings. The number of oxazole rings is 1. The zero-order valence-electron chi connectivity index (χ0n) is 8.72. The van der Waals surface area contributed by atoms with Crippen molar-refractivity contribution in [3.63, 3.8) is 0 Å². The van der Waals surface area contributed by atoms with Crippen LogP contribution < -0.4 is 0 Å². The van der Waals surface area contributed by atoms with E-state index in [0.29, 0.717) is 17.2 Å². The van der Waals surface area contributed by atoms with E-state index in [2.05, 4.69) is 18.8 Å². The Morgan fingerprint density at radius 3 is 3.00 bits per heavy atom. The van der Waals surface area contributed by atoms with Crippen molar-refractivity contribution in [1.29, 1.82) is 0 Å². The van der Waals surface area contributed by atoms with E-state index in [-0.39, 0.29) is 0 Å². The van der Waals surface area contributed by atoms with Crippen molar-refractivity contribution >= 4 is 11.6 Å². The largest absolute Gasteiger partial charge is 0.448 e. The van der Waals surface area contributed by atoms with Crippen LogP contribution in [0.25, 0.3) is 0 Å². The van der Waals surface area contributed by atoms with E-state index < -0.39 is 0 Å². The molecule has 2 rings (SSSR count). The van der Waals surface area contributed by atoms with Gasteiger partial charge in [-0.15, -0.1) is 11.6 Å². The Bertz CT molecular complexity index is 319. The van der Waals surface area contributed by atoms with Crippen LogP contribution in [0.5, 0.6) is 0 Å². The van der Waals surface area contributed by atoms with Crippen LogP contribution in [0.15, 0.2) is 10.8 Å². The number of hydrogen-bond acceptors (Lipinski definition) is 2. The third kappa shape index (κ3) is 1.56. The molecule has 0 radical (unpaired) electrons. The summed E-state index contributed by atoms with van der Waals surface area (Å²) in [5, 5.41) is 0. The molecule has 1 aliphatic carbocycles. The maximum atomic E-state index is 5.82. The second-order valence-electron chi connectivity index (χ2n) is 4.73. The molecule has 14 heavy (non-hydrogen) atoms. The fraction of sp³-hybridized carbons (Fsp3) is 0.727. The van der Waals surface area contributed by atoms with Gasteiger partial charge in [0.05, 0.1) is 11.6 Å². The lowest BCUT2D eigenvalue weighted by Crippen LogP contribution is -2.15. The molecule has 0 spiro atoms. The fourth-order valence-corrected chi connectivity index (χ4v) is 2.68. The molecule has 0 aliphatic heterocycles. The lowest BCUT2D eigenvalue weighted by atomic mass is 9.80. The molecule has 78 valence electrons. The first-order valence-corrected chi connectivity index (χ1v) is 5.67. The van der Waals surface area contributed by atoms with Crippen molar-refractivity contribution in [2.75, 3.05) is 0 Å². The molecule has 0 amide bonds. The van der Waals surface area contributed by atoms with E-state index >= 15 is 0 Å². The third-order valence-electron chi connectivity index (χ3n) is 3.37. The van der Waals surface area contributed by atoms with Gasteiger partial charge in [0.15, 0.2) is 6.39 Å². The monoisotopic (exact) mass is 213 g/mol. The molecule has 1 aromatic heterocycles. The summed E-state index contributed by atoms with van der Waals surface area (Å²) in [7, 11) is 0. The number of rotatable bonds is 2. The van der Waals surface area contributed by atoms with Crippen LogP contribution in [0.4, 0.5) is 0 Å². The molecule has 0 N–H and O–H groups in total. The number of halogens is 1. The fourth-order valence-electron chi connectivity index (χ4n) is 2.47. The van der Waals surface area contributed by atoms with Gasteiger partial charge in [0.25, 0.3) is 0 Å². The first-order chi connectivity index (χ1) is 6.65. The first-order valence-electron chi connectivity index (χ1n) is 5.13. The summed E-state index contributed by atoms with van der Waals surface area (Å²) in [6.45, 7) is 4.59. The minimum atomic E-state index is 0.334. The standard InChI is InChI=1S/C11H16ClNO/c1-11(2)5-3-4-8(11)10-9(6-12)13-7-14-10/h7-8H,3-6H2,1-2H3. The summed E-state index contributed by atoms with van der Waals surface area (Å²) < 4.78 is 5.48. The second-order valence-corrected chi connectivity index (χ2v) is 5.00. The average molecular weight is 214 g/mol. The summed E-state index contributed by atoms with van der Waals surface area (Å²) in [5.41, 5.74) is 1.26. The first kappa shape index (κ1) is 10.0. The van der Waals surface area contributed by atoms with Gasteiger partial charge in [-0.1, -0.05) is 20.3 Å². The summed E-state index contributed by atoms with van der Waals surface area (Å²) in [6.07, 6.45) is 5.26. The van der Waals surface area contributed by atoms with E-state index in [1.807, 2.05) is 0 Å². The van der Waals surface area contributed by atoms with E-state index in [0.717, 1.165) is 11.5 Å². The molecule has 1 aliphatic rings. The molecule has 1 unspecified atom stereocenters. The Morgan fingerprint density at radius 2 is 2.43 bits per heavy atom. The highest BCUT2D eigenvalue weighted by atomic mass is 35.5. The Morgan fingerprint density at radius 1 is 1.64 bits per heavy atom. The van der Waals surface area contributed by atoms with Crippen LogP contribution in [0, 0.1) is 5.41 Å². The molecule has 3 heteroatoms. The molecule has 1 heterocycles. The van der Waals surface area contributed by atoms with Crippen LogP contribution in [-0.4, -0.2) is 4.98 Å².